The van der Waals surface area contributed by atoms with Crippen molar-refractivity contribution in [2.45, 2.75) is 89.9 Å². The molecule has 2 aromatic carbocycles. The molecular weight excluding hydrogens is 689 g/mol. The Morgan fingerprint density at radius 2 is 1.43 bits per heavy atom. The average molecular weight is 737 g/mol. The minimum absolute atomic E-state index is 0.000151. The van der Waals surface area contributed by atoms with Gasteiger partial charge in [0.05, 0.1) is 34.2 Å². The number of hydrogen-bond acceptors (Lipinski definition) is 10. The summed E-state index contributed by atoms with van der Waals surface area (Å²) < 4.78 is 9.39. The first-order valence-electron chi connectivity index (χ1n) is 16.9. The first-order valence-corrected chi connectivity index (χ1v) is 18.6. The molecule has 12 nitrogen and oxygen atoms in total. The highest BCUT2D eigenvalue weighted by Crippen LogP contribution is 2.20. The van der Waals surface area contributed by atoms with E-state index in [-0.39, 0.29) is 37.8 Å². The summed E-state index contributed by atoms with van der Waals surface area (Å²) in [5.74, 6) is -0.553. The van der Waals surface area contributed by atoms with Crippen LogP contribution in [0.15, 0.2) is 78.3 Å². The Morgan fingerprint density at radius 3 is 1.94 bits per heavy atom. The molecule has 2 aromatic heterocycles. The molecule has 0 saturated carbocycles. The van der Waals surface area contributed by atoms with Crippen molar-refractivity contribution in [3.05, 3.63) is 105 Å². The van der Waals surface area contributed by atoms with Crippen LogP contribution >= 0.6 is 22.9 Å². The summed E-state index contributed by atoms with van der Waals surface area (Å²) in [6.45, 7) is 8.02. The first kappa shape index (κ1) is 39.4. The molecule has 14 heteroatoms. The van der Waals surface area contributed by atoms with E-state index in [2.05, 4.69) is 39.2 Å². The van der Waals surface area contributed by atoms with Crippen LogP contribution in [0.2, 0.25) is 0 Å². The van der Waals surface area contributed by atoms with E-state index in [1.54, 1.807) is 30.6 Å². The second-order valence-corrected chi connectivity index (χ2v) is 14.9. The quantitative estimate of drug-likeness (QED) is 0.102. The number of rotatable bonds is 17. The van der Waals surface area contributed by atoms with Crippen molar-refractivity contribution < 1.29 is 29.3 Å². The topological polar surface area (TPSA) is 166 Å². The lowest BCUT2D eigenvalue weighted by molar-refractivity contribution is -0.126. The number of ether oxygens (including phenoxy) is 1. The number of nitrogens with one attached hydrogen (secondary N) is 3. The third-order valence-electron chi connectivity index (χ3n) is 8.28. The smallest absolute Gasteiger partial charge is 0.407 e. The van der Waals surface area contributed by atoms with E-state index in [4.69, 9.17) is 4.74 Å². The molecule has 0 saturated heterocycles. The summed E-state index contributed by atoms with van der Waals surface area (Å²) in [6, 6.07) is 16.8. The lowest BCUT2D eigenvalue weighted by Gasteiger charge is -2.34. The predicted octanol–water partition coefficient (Wildman–Crippen LogP) is 4.88. The fourth-order valence-corrected chi connectivity index (χ4v) is 6.72. The molecule has 2 heterocycles. The lowest BCUT2D eigenvalue weighted by Crippen LogP contribution is -2.60. The maximum Gasteiger partial charge on any atom is 0.407 e. The molecular formula is C37H48N6O6S2. The molecule has 5 N–H and O–H groups in total. The van der Waals surface area contributed by atoms with Crippen LogP contribution in [0.25, 0.3) is 0 Å². The molecule has 0 spiro atoms. The van der Waals surface area contributed by atoms with E-state index in [0.29, 0.717) is 0 Å². The van der Waals surface area contributed by atoms with Crippen molar-refractivity contribution in [3.8, 4) is 0 Å². The Morgan fingerprint density at radius 1 is 0.843 bits per heavy atom. The van der Waals surface area contributed by atoms with Gasteiger partial charge < -0.3 is 35.8 Å². The number of aliphatic hydroxyl groups is 2. The molecule has 5 atom stereocenters. The van der Waals surface area contributed by atoms with E-state index < -0.39 is 48.4 Å². The zero-order chi connectivity index (χ0) is 36.9. The summed E-state index contributed by atoms with van der Waals surface area (Å²) in [6.07, 6.45) is -1.88. The highest BCUT2D eigenvalue weighted by molar-refractivity contribution is 7.09. The number of nitrogens with zero attached hydrogens (tertiary/aromatic N) is 3. The van der Waals surface area contributed by atoms with Crippen LogP contribution in [-0.2, 0) is 35.5 Å². The summed E-state index contributed by atoms with van der Waals surface area (Å²) in [7, 11) is 1.64. The summed E-state index contributed by atoms with van der Waals surface area (Å²) in [5, 5.41) is 34.8. The van der Waals surface area contributed by atoms with Crippen molar-refractivity contribution in [3.63, 3.8) is 0 Å². The minimum Gasteiger partial charge on any atom is -0.444 e. The van der Waals surface area contributed by atoms with Gasteiger partial charge in [0.1, 0.15) is 24.9 Å². The maximum absolute atomic E-state index is 13.9. The number of benzene rings is 2. The van der Waals surface area contributed by atoms with Gasteiger partial charge in [0.2, 0.25) is 5.91 Å². The van der Waals surface area contributed by atoms with Crippen molar-refractivity contribution >= 4 is 40.9 Å². The van der Waals surface area contributed by atoms with Gasteiger partial charge in [-0.3, -0.25) is 4.79 Å². The fraction of sp³-hybridized carbons (Fsp3) is 0.432. The van der Waals surface area contributed by atoms with Crippen molar-refractivity contribution in [1.29, 1.82) is 0 Å². The number of carbonyl (C=O) groups excluding carboxylic acids is 3. The van der Waals surface area contributed by atoms with Gasteiger partial charge in [0.15, 0.2) is 0 Å². The van der Waals surface area contributed by atoms with Crippen LogP contribution in [0.4, 0.5) is 9.59 Å². The molecule has 0 fully saturated rings. The fourth-order valence-electron chi connectivity index (χ4n) is 5.40. The molecule has 0 aliphatic rings. The molecule has 274 valence electrons. The Hall–Kier alpha value is -4.37. The lowest BCUT2D eigenvalue weighted by atomic mass is 9.90. The van der Waals surface area contributed by atoms with E-state index >= 15 is 0 Å². The van der Waals surface area contributed by atoms with Crippen molar-refractivity contribution in [2.75, 3.05) is 7.05 Å². The van der Waals surface area contributed by atoms with Crippen LogP contribution in [0.3, 0.4) is 0 Å². The molecule has 0 aliphatic carbocycles. The summed E-state index contributed by atoms with van der Waals surface area (Å²) in [5.41, 5.74) is 2.38. The number of hydrogen-bond donors (Lipinski definition) is 5. The van der Waals surface area contributed by atoms with Crippen LogP contribution in [0.1, 0.15) is 60.3 Å². The summed E-state index contributed by atoms with van der Waals surface area (Å²) >= 11 is 2.75. The van der Waals surface area contributed by atoms with Crippen molar-refractivity contribution in [1.82, 2.24) is 30.2 Å². The standard InChI is InChI=1S/C37H48N6O6S2/c1-23(2)31(42-36(47)43(5)20-27-22-50-35(39-27)24(3)4)34(46)40-29(18-25-12-8-6-9-13-25)32(44)33(45)30(19-26-14-10-7-11-15-26)41-37(48)49-21-28-16-17-38-51-28/h6-17,22-24,29-33,44-45H,18-21H2,1-5H3,(H,40,46)(H,41,48)(H,42,47)/t29-,30-,31-,32+,33+/m0/s1. The number of carbonyl (C=O) groups is 3. The van der Waals surface area contributed by atoms with E-state index in [1.165, 1.54) is 16.4 Å². The number of urea groups is 1. The molecule has 0 bridgehead atoms. The van der Waals surface area contributed by atoms with Crippen LogP contribution in [0.5, 0.6) is 0 Å². The third kappa shape index (κ3) is 12.1. The number of alkyl carbamates (subject to hydrolysis) is 1. The number of amides is 4. The van der Waals surface area contributed by atoms with Crippen LogP contribution in [0, 0.1) is 5.92 Å². The van der Waals surface area contributed by atoms with E-state index in [0.717, 1.165) is 26.7 Å². The number of aliphatic hydroxyl groups excluding tert-OH is 2. The SMILES string of the molecule is CC(C)c1nc(CN(C)C(=O)N[C@H](C(=O)N[C@@H](Cc2ccccc2)[C@@H](O)[C@H](O)[C@H](Cc2ccccc2)NC(=O)OCc2ccns2)C(C)C)cs1. The van der Waals surface area contributed by atoms with Gasteiger partial charge in [-0.15, -0.1) is 11.3 Å². The van der Waals surface area contributed by atoms with Gasteiger partial charge in [0, 0.05) is 24.5 Å². The van der Waals surface area contributed by atoms with Crippen LogP contribution < -0.4 is 16.0 Å². The zero-order valence-corrected chi connectivity index (χ0v) is 31.2. The van der Waals surface area contributed by atoms with Gasteiger partial charge in [-0.05, 0) is 47.5 Å². The second-order valence-electron chi connectivity index (χ2n) is 13.1. The third-order valence-corrected chi connectivity index (χ3v) is 10.2. The Balaban J connectivity index is 1.50. The number of aromatic nitrogens is 2. The normalized spacial score (nSPS) is 14.3. The summed E-state index contributed by atoms with van der Waals surface area (Å²) in [4.78, 5) is 46.9. The predicted molar refractivity (Wildman–Crippen MR) is 198 cm³/mol. The zero-order valence-electron chi connectivity index (χ0n) is 29.6. The molecule has 0 radical (unpaired) electrons. The molecule has 51 heavy (non-hydrogen) atoms. The van der Waals surface area contributed by atoms with Gasteiger partial charge in [-0.1, -0.05) is 88.4 Å². The molecule has 4 rings (SSSR count). The monoisotopic (exact) mass is 736 g/mol. The minimum atomic E-state index is -1.53. The van der Waals surface area contributed by atoms with Crippen LogP contribution in [-0.4, -0.2) is 79.9 Å². The Kier molecular flexibility index (Phi) is 14.9. The Bertz CT molecular complexity index is 1650. The maximum atomic E-state index is 13.9. The van der Waals surface area contributed by atoms with Gasteiger partial charge in [-0.2, -0.15) is 0 Å². The Labute approximate surface area is 307 Å². The van der Waals surface area contributed by atoms with Gasteiger partial charge >= 0.3 is 12.1 Å². The van der Waals surface area contributed by atoms with Gasteiger partial charge in [0.25, 0.3) is 0 Å². The number of thiazole rings is 1. The van der Waals surface area contributed by atoms with E-state index in [9.17, 15) is 24.6 Å². The first-order chi connectivity index (χ1) is 24.4. The van der Waals surface area contributed by atoms with E-state index in [1.807, 2.05) is 79.9 Å². The highest BCUT2D eigenvalue weighted by atomic mass is 32.1. The molecule has 4 amide bonds. The van der Waals surface area contributed by atoms with Gasteiger partial charge in [-0.25, -0.2) is 18.9 Å². The van der Waals surface area contributed by atoms with Crippen molar-refractivity contribution in [2.24, 2.45) is 5.92 Å². The largest absolute Gasteiger partial charge is 0.444 e. The highest BCUT2D eigenvalue weighted by Gasteiger charge is 2.36. The average Bonchev–Trinajstić information content (AvgIpc) is 3.82. The molecule has 0 unspecified atom stereocenters. The second kappa shape index (κ2) is 19.3. The molecule has 4 aromatic rings. The molecule has 0 aliphatic heterocycles.